The van der Waals surface area contributed by atoms with Gasteiger partial charge in [-0.05, 0) is 56.3 Å². The van der Waals surface area contributed by atoms with Gasteiger partial charge in [-0.2, -0.15) is 0 Å². The van der Waals surface area contributed by atoms with Crippen LogP contribution in [0.2, 0.25) is 0 Å². The Balaban J connectivity index is 1.99. The number of hydrogen-bond donors (Lipinski definition) is 1. The van der Waals surface area contributed by atoms with Crippen molar-refractivity contribution in [3.05, 3.63) is 64.5 Å². The normalized spacial score (nSPS) is 22.4. The Hall–Kier alpha value is -2.77. The van der Waals surface area contributed by atoms with Crippen LogP contribution in [0.5, 0.6) is 0 Å². The van der Waals surface area contributed by atoms with E-state index in [0.29, 0.717) is 29.9 Å². The predicted molar refractivity (Wildman–Crippen MR) is 112 cm³/mol. The van der Waals surface area contributed by atoms with E-state index in [4.69, 9.17) is 0 Å². The zero-order valence-electron chi connectivity index (χ0n) is 17.5. The maximum Gasteiger partial charge on any atom is 0.307 e. The van der Waals surface area contributed by atoms with Crippen LogP contribution >= 0.6 is 0 Å². The number of carbonyl (C=O) groups excluding carboxylic acids is 1. The lowest BCUT2D eigenvalue weighted by molar-refractivity contribution is -0.141. The standard InChI is InChI=1S/C23H26FN3O3/c1-15-11-19-20(12-16(15)2)23(14-21(28)29,26-9-7-25(3)8-10-26)27(22(19)30)18-6-4-5-17(24)13-18/h4-6,11-13H,7-10,14H2,1-3H3,(H,28,29). The molecule has 2 aliphatic rings. The molecule has 7 heteroatoms. The van der Waals surface area contributed by atoms with Crippen molar-refractivity contribution in [1.29, 1.82) is 0 Å². The molecule has 1 amide bonds. The second-order valence-corrected chi connectivity index (χ2v) is 8.28. The lowest BCUT2D eigenvalue weighted by atomic mass is 9.89. The Morgan fingerprint density at radius 1 is 1.10 bits per heavy atom. The number of hydrogen-bond acceptors (Lipinski definition) is 4. The molecule has 4 rings (SSSR count). The van der Waals surface area contributed by atoms with Crippen LogP contribution in [-0.2, 0) is 10.5 Å². The SMILES string of the molecule is Cc1cc2c(cc1C)C(CC(=O)O)(N1CCN(C)CC1)N(c1cccc(F)c1)C2=O. The monoisotopic (exact) mass is 411 g/mol. The van der Waals surface area contributed by atoms with Crippen LogP contribution in [0.4, 0.5) is 10.1 Å². The molecule has 0 saturated carbocycles. The number of halogens is 1. The summed E-state index contributed by atoms with van der Waals surface area (Å²) in [5.41, 5.74) is 2.30. The number of benzene rings is 2. The lowest BCUT2D eigenvalue weighted by Gasteiger charge is -2.49. The summed E-state index contributed by atoms with van der Waals surface area (Å²) in [7, 11) is 2.02. The van der Waals surface area contributed by atoms with Crippen molar-refractivity contribution < 1.29 is 19.1 Å². The molecule has 6 nitrogen and oxygen atoms in total. The van der Waals surface area contributed by atoms with Gasteiger partial charge in [-0.15, -0.1) is 0 Å². The first-order chi connectivity index (χ1) is 14.2. The van der Waals surface area contributed by atoms with Crippen molar-refractivity contribution in [2.45, 2.75) is 25.9 Å². The van der Waals surface area contributed by atoms with Crippen molar-refractivity contribution in [1.82, 2.24) is 9.80 Å². The quantitative estimate of drug-likeness (QED) is 0.838. The van der Waals surface area contributed by atoms with Gasteiger partial charge in [0, 0.05) is 43.0 Å². The minimum Gasteiger partial charge on any atom is -0.481 e. The number of nitrogens with zero attached hydrogens (tertiary/aromatic N) is 3. The van der Waals surface area contributed by atoms with Crippen molar-refractivity contribution in [2.75, 3.05) is 38.1 Å². The van der Waals surface area contributed by atoms with E-state index in [-0.39, 0.29) is 12.3 Å². The van der Waals surface area contributed by atoms with Crippen molar-refractivity contribution >= 4 is 17.6 Å². The summed E-state index contributed by atoms with van der Waals surface area (Å²) in [5.74, 6) is -1.76. The highest BCUT2D eigenvalue weighted by Gasteiger charge is 2.55. The van der Waals surface area contributed by atoms with Crippen LogP contribution in [0, 0.1) is 19.7 Å². The summed E-state index contributed by atoms with van der Waals surface area (Å²) in [6.45, 7) is 6.62. The van der Waals surface area contributed by atoms with Crippen LogP contribution in [0.15, 0.2) is 36.4 Å². The number of aliphatic carboxylic acids is 1. The number of piperazine rings is 1. The minimum absolute atomic E-state index is 0.283. The molecular weight excluding hydrogens is 385 g/mol. The Morgan fingerprint density at radius 2 is 1.77 bits per heavy atom. The largest absolute Gasteiger partial charge is 0.481 e. The minimum atomic E-state index is -1.20. The van der Waals surface area contributed by atoms with Crippen molar-refractivity contribution in [3.8, 4) is 0 Å². The molecular formula is C23H26FN3O3. The molecule has 0 aliphatic carbocycles. The lowest BCUT2D eigenvalue weighted by Crippen LogP contribution is -2.62. The van der Waals surface area contributed by atoms with E-state index >= 15 is 0 Å². The number of fused-ring (bicyclic) bond motifs is 1. The van der Waals surface area contributed by atoms with Gasteiger partial charge in [0.05, 0.1) is 6.42 Å². The zero-order valence-corrected chi connectivity index (χ0v) is 17.5. The molecule has 0 radical (unpaired) electrons. The number of amides is 1. The number of carboxylic acid groups (broad SMARTS) is 1. The molecule has 2 heterocycles. The molecule has 30 heavy (non-hydrogen) atoms. The zero-order chi connectivity index (χ0) is 21.6. The third kappa shape index (κ3) is 3.18. The Bertz CT molecular complexity index is 1020. The molecule has 1 saturated heterocycles. The number of anilines is 1. The molecule has 1 atom stereocenters. The molecule has 2 aromatic carbocycles. The molecule has 1 N–H and O–H groups in total. The average molecular weight is 411 g/mol. The van der Waals surface area contributed by atoms with E-state index in [9.17, 15) is 19.1 Å². The molecule has 0 bridgehead atoms. The van der Waals surface area contributed by atoms with Gasteiger partial charge >= 0.3 is 5.97 Å². The van der Waals surface area contributed by atoms with Gasteiger partial charge in [0.1, 0.15) is 11.5 Å². The maximum atomic E-state index is 14.1. The summed E-state index contributed by atoms with van der Waals surface area (Å²) in [5, 5.41) is 9.93. The number of carbonyl (C=O) groups is 2. The Labute approximate surface area is 175 Å². The first-order valence-corrected chi connectivity index (χ1v) is 10.1. The van der Waals surface area contributed by atoms with Gasteiger partial charge in [0.25, 0.3) is 5.91 Å². The summed E-state index contributed by atoms with van der Waals surface area (Å²) in [4.78, 5) is 31.5. The summed E-state index contributed by atoms with van der Waals surface area (Å²) in [6.07, 6.45) is -0.283. The average Bonchev–Trinajstić information content (AvgIpc) is 2.91. The van der Waals surface area contributed by atoms with Crippen LogP contribution in [0.3, 0.4) is 0 Å². The summed E-state index contributed by atoms with van der Waals surface area (Å²) >= 11 is 0. The molecule has 0 aromatic heterocycles. The van der Waals surface area contributed by atoms with Crippen molar-refractivity contribution in [2.24, 2.45) is 0 Å². The topological polar surface area (TPSA) is 64.1 Å². The van der Waals surface area contributed by atoms with Gasteiger partial charge in [-0.25, -0.2) is 4.39 Å². The van der Waals surface area contributed by atoms with E-state index in [0.717, 1.165) is 24.2 Å². The van der Waals surface area contributed by atoms with Gasteiger partial charge in [0.2, 0.25) is 0 Å². The van der Waals surface area contributed by atoms with Crippen molar-refractivity contribution in [3.63, 3.8) is 0 Å². The van der Waals surface area contributed by atoms with Crippen LogP contribution in [0.25, 0.3) is 0 Å². The Kier molecular flexibility index (Phi) is 5.11. The number of rotatable bonds is 4. The molecule has 2 aromatic rings. The van der Waals surface area contributed by atoms with Gasteiger partial charge in [-0.3, -0.25) is 19.4 Å². The summed E-state index contributed by atoms with van der Waals surface area (Å²) < 4.78 is 14.1. The fourth-order valence-corrected chi connectivity index (χ4v) is 4.66. The van der Waals surface area contributed by atoms with E-state index in [2.05, 4.69) is 9.80 Å². The molecule has 2 aliphatic heterocycles. The van der Waals surface area contributed by atoms with Gasteiger partial charge in [-0.1, -0.05) is 12.1 Å². The van der Waals surface area contributed by atoms with Gasteiger partial charge < -0.3 is 10.0 Å². The molecule has 0 spiro atoms. The van der Waals surface area contributed by atoms with Crippen LogP contribution in [-0.4, -0.2) is 60.0 Å². The Morgan fingerprint density at radius 3 is 2.40 bits per heavy atom. The van der Waals surface area contributed by atoms with Crippen LogP contribution in [0.1, 0.15) is 33.5 Å². The summed E-state index contributed by atoms with van der Waals surface area (Å²) in [6, 6.07) is 9.60. The first-order valence-electron chi connectivity index (χ1n) is 10.1. The molecule has 1 fully saturated rings. The van der Waals surface area contributed by atoms with Gasteiger partial charge in [0.15, 0.2) is 0 Å². The van der Waals surface area contributed by atoms with E-state index < -0.39 is 17.4 Å². The smallest absolute Gasteiger partial charge is 0.307 e. The fraction of sp³-hybridized carbons (Fsp3) is 0.391. The van der Waals surface area contributed by atoms with E-state index in [1.54, 1.807) is 12.1 Å². The molecule has 1 unspecified atom stereocenters. The second kappa shape index (κ2) is 7.49. The highest BCUT2D eigenvalue weighted by atomic mass is 19.1. The van der Waals surface area contributed by atoms with E-state index in [1.165, 1.54) is 17.0 Å². The number of likely N-dealkylation sites (N-methyl/N-ethyl adjacent to an activating group) is 1. The maximum absolute atomic E-state index is 14.1. The fourth-order valence-electron chi connectivity index (χ4n) is 4.66. The highest BCUT2D eigenvalue weighted by molar-refractivity contribution is 6.12. The highest BCUT2D eigenvalue weighted by Crippen LogP contribution is 2.48. The third-order valence-electron chi connectivity index (χ3n) is 6.36. The van der Waals surface area contributed by atoms with E-state index in [1.807, 2.05) is 33.0 Å². The number of aryl methyl sites for hydroxylation is 2. The molecule has 158 valence electrons. The predicted octanol–water partition coefficient (Wildman–Crippen LogP) is 2.98. The van der Waals surface area contributed by atoms with Crippen LogP contribution < -0.4 is 4.90 Å². The second-order valence-electron chi connectivity index (χ2n) is 8.28. The first kappa shape index (κ1) is 20.5. The number of carboxylic acids is 1. The third-order valence-corrected chi connectivity index (χ3v) is 6.36.